The molecule has 0 spiro atoms. The number of benzene rings is 1. The van der Waals surface area contributed by atoms with Crippen molar-refractivity contribution < 1.29 is 13.9 Å². The van der Waals surface area contributed by atoms with Crippen molar-refractivity contribution in [1.82, 2.24) is 19.8 Å². The van der Waals surface area contributed by atoms with E-state index in [1.807, 2.05) is 6.07 Å². The van der Waals surface area contributed by atoms with Crippen LogP contribution in [0.4, 0.5) is 15.9 Å². The molecule has 0 saturated carbocycles. The maximum Gasteiger partial charge on any atom is 0.318 e. The van der Waals surface area contributed by atoms with Gasteiger partial charge in [-0.2, -0.15) is 15.2 Å². The molecular formula is C31H37ClFN7O2. The second kappa shape index (κ2) is 12.1. The Morgan fingerprint density at radius 2 is 1.98 bits per heavy atom. The van der Waals surface area contributed by atoms with Crippen LogP contribution in [-0.4, -0.2) is 84.1 Å². The van der Waals surface area contributed by atoms with Crippen molar-refractivity contribution >= 4 is 29.0 Å². The molecule has 2 atom stereocenters. The average Bonchev–Trinajstić information content (AvgIpc) is 3.63. The summed E-state index contributed by atoms with van der Waals surface area (Å²) < 4.78 is 20.0. The minimum Gasteiger partial charge on any atom is -0.462 e. The summed E-state index contributed by atoms with van der Waals surface area (Å²) in [6.07, 6.45) is 6.28. The van der Waals surface area contributed by atoms with Gasteiger partial charge in [-0.25, -0.2) is 4.39 Å². The molecule has 1 aromatic carbocycles. The fourth-order valence-corrected chi connectivity index (χ4v) is 7.27. The van der Waals surface area contributed by atoms with Crippen molar-refractivity contribution in [2.45, 2.75) is 63.6 Å². The summed E-state index contributed by atoms with van der Waals surface area (Å²) in [5.41, 5.74) is 5.78. The van der Waals surface area contributed by atoms with Crippen LogP contribution in [0.3, 0.4) is 0 Å². The Labute approximate surface area is 251 Å². The molecule has 0 unspecified atom stereocenters. The van der Waals surface area contributed by atoms with Crippen molar-refractivity contribution in [3.8, 4) is 12.1 Å². The second-order valence-electron chi connectivity index (χ2n) is 11.8. The number of amides is 1. The Hall–Kier alpha value is -3.42. The molecular weight excluding hydrogens is 557 g/mol. The zero-order valence-corrected chi connectivity index (χ0v) is 24.9. The largest absolute Gasteiger partial charge is 0.462 e. The number of fused-ring (bicyclic) bond motifs is 2. The molecule has 6 rings (SSSR count). The van der Waals surface area contributed by atoms with Crippen LogP contribution in [0.15, 0.2) is 24.5 Å². The second-order valence-corrected chi connectivity index (χ2v) is 12.2. The highest BCUT2D eigenvalue weighted by molar-refractivity contribution is 6.33. The predicted octanol–water partition coefficient (Wildman–Crippen LogP) is 4.07. The molecule has 1 aromatic heterocycles. The van der Waals surface area contributed by atoms with Gasteiger partial charge < -0.3 is 24.3 Å². The topological polar surface area (TPSA) is 88.8 Å². The lowest BCUT2D eigenvalue weighted by molar-refractivity contribution is -0.131. The van der Waals surface area contributed by atoms with Gasteiger partial charge in [0.1, 0.15) is 12.4 Å². The van der Waals surface area contributed by atoms with Gasteiger partial charge in [-0.05, 0) is 69.3 Å². The molecule has 11 heteroatoms. The number of likely N-dealkylation sites (tertiary alicyclic amines) is 1. The van der Waals surface area contributed by atoms with Gasteiger partial charge in [0, 0.05) is 37.8 Å². The number of aryl methyl sites for hydroxylation is 1. The number of anilines is 2. The highest BCUT2D eigenvalue weighted by Gasteiger charge is 2.35. The molecule has 0 N–H and O–H groups in total. The number of hydrogen-bond donors (Lipinski definition) is 0. The number of hydrogen-bond acceptors (Lipinski definition) is 8. The van der Waals surface area contributed by atoms with Gasteiger partial charge in [0.2, 0.25) is 0 Å². The lowest BCUT2D eigenvalue weighted by Crippen LogP contribution is -2.55. The van der Waals surface area contributed by atoms with Gasteiger partial charge >= 0.3 is 6.01 Å². The summed E-state index contributed by atoms with van der Waals surface area (Å²) in [5.74, 6) is -0.996. The molecule has 3 aliphatic heterocycles. The first-order valence-corrected chi connectivity index (χ1v) is 15.3. The summed E-state index contributed by atoms with van der Waals surface area (Å²) in [4.78, 5) is 30.5. The standard InChI is InChI=1S/C31H37ClFN7O2/c1-20(33)30(41)40-16-15-39(17-22(40)10-12-34)29-25-11-14-38(28-24-7-3-5-21(24)8-9-26(28)32)18-27(25)35-31(36-29)42-19-23-6-4-13-37(23)2/h8-9,22-23H,1,3-7,10-11,13-19H2,2H3/t22-,23+/m0/s1. The Kier molecular flexibility index (Phi) is 8.24. The molecule has 1 amide bonds. The van der Waals surface area contributed by atoms with E-state index in [0.717, 1.165) is 79.4 Å². The minimum absolute atomic E-state index is 0.0888. The van der Waals surface area contributed by atoms with Crippen LogP contribution in [0, 0.1) is 11.3 Å². The third-order valence-corrected chi connectivity index (χ3v) is 9.53. The van der Waals surface area contributed by atoms with E-state index in [1.54, 1.807) is 0 Å². The van der Waals surface area contributed by atoms with Crippen LogP contribution in [-0.2, 0) is 30.6 Å². The van der Waals surface area contributed by atoms with Crippen LogP contribution >= 0.6 is 11.6 Å². The number of ether oxygens (including phenoxy) is 1. The van der Waals surface area contributed by atoms with Gasteiger partial charge in [0.25, 0.3) is 5.91 Å². The zero-order valence-electron chi connectivity index (χ0n) is 24.1. The molecule has 0 radical (unpaired) electrons. The van der Waals surface area contributed by atoms with E-state index in [4.69, 9.17) is 26.3 Å². The molecule has 42 heavy (non-hydrogen) atoms. The Morgan fingerprint density at radius 3 is 2.74 bits per heavy atom. The lowest BCUT2D eigenvalue weighted by atomic mass is 10.0. The molecule has 4 aliphatic rings. The normalized spacial score (nSPS) is 22.1. The fourth-order valence-electron chi connectivity index (χ4n) is 6.98. The maximum atomic E-state index is 13.8. The SMILES string of the molecule is C=C(F)C(=O)N1CCN(c2nc(OC[C@H]3CCCN3C)nc3c2CCN(c2c(Cl)ccc4c2CCC4)C3)C[C@@H]1CC#N. The summed E-state index contributed by atoms with van der Waals surface area (Å²) in [6.45, 7) is 7.19. The molecule has 222 valence electrons. The van der Waals surface area contributed by atoms with Gasteiger partial charge in [-0.15, -0.1) is 0 Å². The average molecular weight is 594 g/mol. The molecule has 0 bridgehead atoms. The molecule has 2 aromatic rings. The monoisotopic (exact) mass is 593 g/mol. The Morgan fingerprint density at radius 1 is 1.12 bits per heavy atom. The predicted molar refractivity (Wildman–Crippen MR) is 160 cm³/mol. The van der Waals surface area contributed by atoms with Crippen molar-refractivity contribution in [3.05, 3.63) is 51.9 Å². The van der Waals surface area contributed by atoms with Crippen LogP contribution in [0.5, 0.6) is 6.01 Å². The maximum absolute atomic E-state index is 13.8. The van der Waals surface area contributed by atoms with Gasteiger partial charge in [0.05, 0.1) is 41.5 Å². The van der Waals surface area contributed by atoms with Crippen LogP contribution in [0.25, 0.3) is 0 Å². The number of carbonyl (C=O) groups excluding carboxylic acids is 1. The van der Waals surface area contributed by atoms with Crippen molar-refractivity contribution in [2.24, 2.45) is 0 Å². The smallest absolute Gasteiger partial charge is 0.318 e. The third-order valence-electron chi connectivity index (χ3n) is 9.22. The lowest BCUT2D eigenvalue weighted by Gasteiger charge is -2.42. The Balaban J connectivity index is 1.32. The molecule has 2 fully saturated rings. The molecule has 4 heterocycles. The Bertz CT molecular complexity index is 1430. The minimum atomic E-state index is -1.01. The number of aromatic nitrogens is 2. The number of nitrogens with zero attached hydrogens (tertiary/aromatic N) is 7. The number of piperazine rings is 1. The quantitative estimate of drug-likeness (QED) is 0.444. The first-order valence-electron chi connectivity index (χ1n) is 14.9. The molecule has 1 aliphatic carbocycles. The van der Waals surface area contributed by atoms with Gasteiger partial charge in [-0.1, -0.05) is 24.2 Å². The van der Waals surface area contributed by atoms with Crippen molar-refractivity contribution in [1.29, 1.82) is 5.26 Å². The number of likely N-dealkylation sites (N-methyl/N-ethyl adjacent to an activating group) is 1. The van der Waals surface area contributed by atoms with Crippen molar-refractivity contribution in [2.75, 3.05) is 56.2 Å². The summed E-state index contributed by atoms with van der Waals surface area (Å²) in [7, 11) is 2.11. The molecule has 9 nitrogen and oxygen atoms in total. The number of carbonyl (C=O) groups is 1. The highest BCUT2D eigenvalue weighted by atomic mass is 35.5. The van der Waals surface area contributed by atoms with Crippen LogP contribution < -0.4 is 14.5 Å². The van der Waals surface area contributed by atoms with E-state index in [0.29, 0.717) is 38.3 Å². The first-order chi connectivity index (χ1) is 20.3. The number of rotatable bonds is 7. The van der Waals surface area contributed by atoms with Crippen molar-refractivity contribution in [3.63, 3.8) is 0 Å². The number of nitriles is 1. The van der Waals surface area contributed by atoms with E-state index < -0.39 is 17.8 Å². The van der Waals surface area contributed by atoms with Crippen LogP contribution in [0.2, 0.25) is 5.02 Å². The van der Waals surface area contributed by atoms with E-state index in [9.17, 15) is 14.4 Å². The first kappa shape index (κ1) is 28.7. The summed E-state index contributed by atoms with van der Waals surface area (Å²) in [5, 5.41) is 10.3. The molecule has 2 saturated heterocycles. The number of halogens is 2. The van der Waals surface area contributed by atoms with E-state index in [-0.39, 0.29) is 13.0 Å². The van der Waals surface area contributed by atoms with E-state index in [1.165, 1.54) is 16.0 Å². The van der Waals surface area contributed by atoms with Gasteiger partial charge in [-0.3, -0.25) is 4.79 Å². The highest BCUT2D eigenvalue weighted by Crippen LogP contribution is 2.40. The van der Waals surface area contributed by atoms with E-state index in [2.05, 4.69) is 40.5 Å². The van der Waals surface area contributed by atoms with E-state index >= 15 is 0 Å². The summed E-state index contributed by atoms with van der Waals surface area (Å²) >= 11 is 6.79. The summed E-state index contributed by atoms with van der Waals surface area (Å²) in [6, 6.07) is 6.50. The zero-order chi connectivity index (χ0) is 29.4. The van der Waals surface area contributed by atoms with Gasteiger partial charge in [0.15, 0.2) is 5.83 Å². The fraction of sp³-hybridized carbons (Fsp3) is 0.548. The third kappa shape index (κ3) is 5.52. The van der Waals surface area contributed by atoms with Crippen LogP contribution in [0.1, 0.15) is 48.1 Å².